The van der Waals surface area contributed by atoms with Gasteiger partial charge in [0.1, 0.15) is 5.03 Å². The van der Waals surface area contributed by atoms with Crippen LogP contribution in [0.2, 0.25) is 0 Å². The quantitative estimate of drug-likeness (QED) is 0.271. The molecular formula is C10H17N2RfS3-3. The molecule has 0 aromatic carbocycles. The van der Waals surface area contributed by atoms with Crippen molar-refractivity contribution in [3.05, 3.63) is 43.4 Å². The number of hydrogen-bond acceptors (Lipinski definition) is 4. The summed E-state index contributed by atoms with van der Waals surface area (Å²) >= 11 is 3.28. The van der Waals surface area contributed by atoms with Crippen LogP contribution in [-0.2, 0) is 0 Å². The van der Waals surface area contributed by atoms with Gasteiger partial charge in [-0.25, -0.2) is 4.98 Å². The van der Waals surface area contributed by atoms with E-state index >= 15 is 0 Å². The first-order valence-electron chi connectivity index (χ1n) is 4.01. The third-order valence-corrected chi connectivity index (χ3v) is 3.43. The number of aromatic nitrogens is 1. The summed E-state index contributed by atoms with van der Waals surface area (Å²) in [4.78, 5) is 4.19. The molecule has 2 nitrogen and oxygen atoms in total. The van der Waals surface area contributed by atoms with Crippen LogP contribution < -0.4 is 0 Å². The Bertz CT molecular complexity index is 212. The van der Waals surface area contributed by atoms with Gasteiger partial charge in [0, 0.05) is 6.20 Å². The Morgan fingerprint density at radius 2 is 2.12 bits per heavy atom. The Labute approximate surface area is 107 Å². The monoisotopic (exact) mass is 528 g/mol. The Balaban J connectivity index is -0.000000399. The van der Waals surface area contributed by atoms with Gasteiger partial charge in [0.2, 0.25) is 0 Å². The van der Waals surface area contributed by atoms with E-state index in [1.807, 2.05) is 31.4 Å². The van der Waals surface area contributed by atoms with Gasteiger partial charge in [-0.15, -0.1) is 6.54 Å². The standard InChI is InChI=1S/C8H11N2S2.CH3S.CH3.Rf/c1-9-6-7-11-12-8-4-2-3-5-10-8;1-2;;/h2-5H,6-7H2,1H3;2H,1H2;1H3;/q3*-1;. The number of thiol groups is 1. The van der Waals surface area contributed by atoms with E-state index < -0.39 is 0 Å². The maximum Gasteiger partial charge on any atom is 0.106 e. The molecule has 0 saturated heterocycles. The molecule has 1 heterocycles. The molecule has 0 radical (unpaired) electrons. The molecule has 0 unspecified atom stereocenters. The molecule has 0 saturated carbocycles. The molecule has 0 aliphatic carbocycles. The first kappa shape index (κ1) is 20.6. The van der Waals surface area contributed by atoms with Crippen molar-refractivity contribution in [2.24, 2.45) is 0 Å². The van der Waals surface area contributed by atoms with Gasteiger partial charge in [0.05, 0.1) is 0 Å². The Hall–Kier alpha value is -0.840. The van der Waals surface area contributed by atoms with Crippen LogP contribution in [0.25, 0.3) is 5.32 Å². The number of rotatable bonds is 5. The molecule has 0 N–H and O–H groups in total. The summed E-state index contributed by atoms with van der Waals surface area (Å²) < 4.78 is 0. The van der Waals surface area contributed by atoms with Gasteiger partial charge in [0.25, 0.3) is 0 Å². The molecule has 1 rings (SSSR count). The Morgan fingerprint density at radius 3 is 2.62 bits per heavy atom. The maximum atomic E-state index is 4.19. The van der Waals surface area contributed by atoms with Crippen LogP contribution in [0.4, 0.5) is 0 Å². The van der Waals surface area contributed by atoms with E-state index in [9.17, 15) is 0 Å². The Morgan fingerprint density at radius 1 is 1.44 bits per heavy atom. The van der Waals surface area contributed by atoms with Crippen LogP contribution in [0, 0.1) is 13.7 Å². The fraction of sp³-hybridized carbons (Fsp3) is 0.300. The third-order valence-electron chi connectivity index (χ3n) is 1.18. The molecular weight excluding hydrogens is 511 g/mol. The van der Waals surface area contributed by atoms with Gasteiger partial charge in [-0.1, -0.05) is 16.9 Å². The molecule has 0 aliphatic heterocycles. The molecule has 1 aromatic rings. The van der Waals surface area contributed by atoms with E-state index in [0.717, 1.165) is 17.3 Å². The normalized spacial score (nSPS) is 7.94. The summed E-state index contributed by atoms with van der Waals surface area (Å²) in [5.41, 5.74) is 0. The van der Waals surface area contributed by atoms with Crippen LogP contribution in [0.3, 0.4) is 0 Å². The van der Waals surface area contributed by atoms with Crippen molar-refractivity contribution in [2.45, 2.75) is 5.03 Å². The fourth-order valence-corrected chi connectivity index (χ4v) is 2.46. The van der Waals surface area contributed by atoms with Crippen LogP contribution >= 0.6 is 34.2 Å². The maximum absolute atomic E-state index is 4.19. The molecule has 0 atom stereocenters. The number of pyridine rings is 1. The smallest absolute Gasteiger partial charge is 0.106 e. The van der Waals surface area contributed by atoms with Crippen LogP contribution in [-0.4, -0.2) is 24.3 Å². The third kappa shape index (κ3) is 11.2. The molecule has 0 aliphatic rings. The van der Waals surface area contributed by atoms with Crippen molar-refractivity contribution in [1.29, 1.82) is 0 Å². The zero-order valence-electron chi connectivity index (χ0n) is 9.80. The molecule has 1 aromatic heterocycles. The molecule has 16 heavy (non-hydrogen) atoms. The summed E-state index contributed by atoms with van der Waals surface area (Å²) in [5, 5.41) is 5.08. The molecule has 0 amide bonds. The minimum absolute atomic E-state index is 0. The van der Waals surface area contributed by atoms with Crippen molar-refractivity contribution in [3.63, 3.8) is 0 Å². The Kier molecular flexibility index (Phi) is 21.3. The van der Waals surface area contributed by atoms with E-state index in [2.05, 4.69) is 29.2 Å². The molecule has 0 bridgehead atoms. The minimum atomic E-state index is 0. The molecule has 0 spiro atoms. The fourth-order valence-electron chi connectivity index (χ4n) is 0.627. The first-order valence-corrected chi connectivity index (χ1v) is 6.96. The first-order chi connectivity index (χ1) is 6.93. The SMILES string of the molecule is C[N-]CCSSc1ccccn1.[CH2-]S.[CH3-].[Rf]. The zero-order valence-corrected chi connectivity index (χ0v) is 18.7. The number of nitrogens with zero attached hydrogens (tertiary/aromatic N) is 2. The van der Waals surface area contributed by atoms with Crippen LogP contribution in [0.15, 0.2) is 29.4 Å². The van der Waals surface area contributed by atoms with Gasteiger partial charge in [-0.2, -0.15) is 7.05 Å². The average Bonchev–Trinajstić information content (AvgIpc) is 2.29. The minimum Gasteiger partial charge on any atom is -0.664 e. The summed E-state index contributed by atoms with van der Waals surface area (Å²) in [6, 6.07) is 5.94. The van der Waals surface area contributed by atoms with Crippen molar-refractivity contribution >= 4 is 34.2 Å². The van der Waals surface area contributed by atoms with Gasteiger partial charge < -0.3 is 25.4 Å². The van der Waals surface area contributed by atoms with Gasteiger partial charge >= 0.3 is 0 Å². The summed E-state index contributed by atoms with van der Waals surface area (Å²) in [7, 11) is 5.34. The van der Waals surface area contributed by atoms with Crippen molar-refractivity contribution in [3.8, 4) is 0 Å². The van der Waals surface area contributed by atoms with E-state index in [1.165, 1.54) is 0 Å². The summed E-state index contributed by atoms with van der Waals surface area (Å²) in [6.07, 6.45) is 4.76. The average molecular weight is 528 g/mol. The predicted molar refractivity (Wildman–Crippen MR) is 77.5 cm³/mol. The van der Waals surface area contributed by atoms with Gasteiger partial charge in [-0.3, -0.25) is 6.26 Å². The van der Waals surface area contributed by atoms with E-state index in [1.54, 1.807) is 21.6 Å². The van der Waals surface area contributed by atoms with E-state index in [-0.39, 0.29) is 7.43 Å². The van der Waals surface area contributed by atoms with Crippen molar-refractivity contribution < 1.29 is 0 Å². The second kappa shape index (κ2) is 16.6. The van der Waals surface area contributed by atoms with Crippen molar-refractivity contribution in [2.75, 3.05) is 19.3 Å². The second-order valence-electron chi connectivity index (χ2n) is 2.11. The predicted octanol–water partition coefficient (Wildman–Crippen LogP) is 3.98. The second-order valence-corrected chi connectivity index (χ2v) is 4.55. The topological polar surface area (TPSA) is 27.0 Å². The summed E-state index contributed by atoms with van der Waals surface area (Å²) in [6.45, 7) is 0.921. The molecule has 6 heteroatoms. The van der Waals surface area contributed by atoms with E-state index in [0.29, 0.717) is 0 Å². The zero-order chi connectivity index (χ0) is 10.6. The largest absolute Gasteiger partial charge is 0.664 e. The van der Waals surface area contributed by atoms with E-state index in [4.69, 9.17) is 0 Å². The van der Waals surface area contributed by atoms with Crippen molar-refractivity contribution in [1.82, 2.24) is 4.98 Å². The molecule has 90 valence electrons. The summed E-state index contributed by atoms with van der Waals surface area (Å²) in [5.74, 6) is 1.05. The number of hydrogen-bond donors (Lipinski definition) is 1. The van der Waals surface area contributed by atoms with Crippen LogP contribution in [0.1, 0.15) is 0 Å². The van der Waals surface area contributed by atoms with Gasteiger partial charge in [0.15, 0.2) is 0 Å². The van der Waals surface area contributed by atoms with Gasteiger partial charge in [-0.05, 0) is 28.7 Å². The van der Waals surface area contributed by atoms with Crippen LogP contribution in [0.5, 0.6) is 0 Å². The molecule has 0 fully saturated rings.